The minimum atomic E-state index is -3.52. The first-order valence-electron chi connectivity index (χ1n) is 4.82. The van der Waals surface area contributed by atoms with Crippen LogP contribution >= 0.6 is 15.9 Å². The van der Waals surface area contributed by atoms with Crippen molar-refractivity contribution < 1.29 is 8.42 Å². The van der Waals surface area contributed by atoms with Crippen LogP contribution in [0.5, 0.6) is 0 Å². The van der Waals surface area contributed by atoms with Gasteiger partial charge in [0.15, 0.2) is 0 Å². The largest absolute Gasteiger partial charge is 0.280 e. The fourth-order valence-electron chi connectivity index (χ4n) is 1.28. The van der Waals surface area contributed by atoms with E-state index in [4.69, 9.17) is 0 Å². The molecule has 0 saturated carbocycles. The Hall–Kier alpha value is -1.33. The smallest absolute Gasteiger partial charge is 0.261 e. The fraction of sp³-hybridized carbons (Fsp3) is 0. The van der Waals surface area contributed by atoms with Crippen LogP contribution < -0.4 is 4.72 Å². The molecule has 1 radical (unpaired) electrons. The number of halogens is 1. The molecule has 0 saturated heterocycles. The summed E-state index contributed by atoms with van der Waals surface area (Å²) in [7, 11) is -3.52. The predicted molar refractivity (Wildman–Crippen MR) is 70.2 cm³/mol. The molecule has 87 valence electrons. The first kappa shape index (κ1) is 12.1. The van der Waals surface area contributed by atoms with Gasteiger partial charge in [0.1, 0.15) is 0 Å². The number of hydrogen-bond acceptors (Lipinski definition) is 2. The fourth-order valence-corrected chi connectivity index (χ4v) is 2.60. The number of benzene rings is 2. The van der Waals surface area contributed by atoms with E-state index >= 15 is 0 Å². The van der Waals surface area contributed by atoms with Gasteiger partial charge in [-0.15, -0.1) is 0 Å². The average Bonchev–Trinajstić information content (AvgIpc) is 2.30. The normalized spacial score (nSPS) is 11.1. The van der Waals surface area contributed by atoms with Crippen LogP contribution in [0.15, 0.2) is 57.9 Å². The number of hydrogen-bond donors (Lipinski definition) is 1. The van der Waals surface area contributed by atoms with E-state index in [1.165, 1.54) is 0 Å². The molecule has 17 heavy (non-hydrogen) atoms. The SMILES string of the molecule is O=S(=O)(Nc1c[c]ccc1)c1ccc(Br)cc1. The third kappa shape index (κ3) is 3.08. The summed E-state index contributed by atoms with van der Waals surface area (Å²) in [6.07, 6.45) is 0. The van der Waals surface area contributed by atoms with Crippen LogP contribution in [0.1, 0.15) is 0 Å². The van der Waals surface area contributed by atoms with Gasteiger partial charge in [-0.05, 0) is 42.5 Å². The van der Waals surface area contributed by atoms with Gasteiger partial charge in [0.05, 0.1) is 4.90 Å². The Labute approximate surface area is 109 Å². The quantitative estimate of drug-likeness (QED) is 0.947. The molecule has 0 aliphatic heterocycles. The van der Waals surface area contributed by atoms with Gasteiger partial charge >= 0.3 is 0 Å². The highest BCUT2D eigenvalue weighted by atomic mass is 79.9. The van der Waals surface area contributed by atoms with E-state index in [-0.39, 0.29) is 4.90 Å². The lowest BCUT2D eigenvalue weighted by atomic mass is 10.3. The summed E-state index contributed by atoms with van der Waals surface area (Å²) >= 11 is 3.26. The first-order chi connectivity index (χ1) is 8.08. The zero-order valence-electron chi connectivity index (χ0n) is 8.72. The van der Waals surface area contributed by atoms with Crippen LogP contribution in [-0.2, 0) is 10.0 Å². The molecule has 5 heteroatoms. The Morgan fingerprint density at radius 2 is 1.82 bits per heavy atom. The predicted octanol–water partition coefficient (Wildman–Crippen LogP) is 3.05. The van der Waals surface area contributed by atoms with E-state index < -0.39 is 10.0 Å². The zero-order chi connectivity index (χ0) is 12.3. The summed E-state index contributed by atoms with van der Waals surface area (Å²) < 4.78 is 27.3. The Morgan fingerprint density at radius 3 is 2.41 bits per heavy atom. The highest BCUT2D eigenvalue weighted by molar-refractivity contribution is 9.10. The standard InChI is InChI=1S/C12H9BrNO2S/c13-10-6-8-12(9-7-10)17(15,16)14-11-4-2-1-3-5-11/h1-2,4-9,14H. The molecule has 2 rings (SSSR count). The van der Waals surface area contributed by atoms with Gasteiger partial charge in [-0.2, -0.15) is 0 Å². The van der Waals surface area contributed by atoms with Gasteiger partial charge in [0, 0.05) is 10.2 Å². The molecule has 0 spiro atoms. The highest BCUT2D eigenvalue weighted by Gasteiger charge is 2.13. The maximum absolute atomic E-state index is 12.0. The molecule has 0 bridgehead atoms. The Kier molecular flexibility index (Phi) is 3.49. The van der Waals surface area contributed by atoms with Crippen molar-refractivity contribution in [1.29, 1.82) is 0 Å². The van der Waals surface area contributed by atoms with E-state index in [0.29, 0.717) is 5.69 Å². The summed E-state index contributed by atoms with van der Waals surface area (Å²) in [5.41, 5.74) is 0.496. The summed E-state index contributed by atoms with van der Waals surface area (Å²) in [5, 5.41) is 0. The van der Waals surface area contributed by atoms with Crippen molar-refractivity contribution in [3.63, 3.8) is 0 Å². The van der Waals surface area contributed by atoms with Crippen LogP contribution in [0.4, 0.5) is 5.69 Å². The molecule has 0 amide bonds. The van der Waals surface area contributed by atoms with Gasteiger partial charge in [-0.25, -0.2) is 8.42 Å². The van der Waals surface area contributed by atoms with E-state index in [1.54, 1.807) is 48.5 Å². The second-order valence-electron chi connectivity index (χ2n) is 3.35. The number of rotatable bonds is 3. The molecule has 3 nitrogen and oxygen atoms in total. The third-order valence-electron chi connectivity index (χ3n) is 2.08. The molecule has 0 aromatic heterocycles. The molecular formula is C12H9BrNO2S. The lowest BCUT2D eigenvalue weighted by Crippen LogP contribution is -2.12. The van der Waals surface area contributed by atoms with Crippen molar-refractivity contribution in [2.24, 2.45) is 0 Å². The van der Waals surface area contributed by atoms with Gasteiger partial charge in [-0.1, -0.05) is 28.1 Å². The maximum atomic E-state index is 12.0. The molecule has 0 fully saturated rings. The summed E-state index contributed by atoms with van der Waals surface area (Å²) in [5.74, 6) is 0. The second-order valence-corrected chi connectivity index (χ2v) is 5.95. The second kappa shape index (κ2) is 4.89. The number of nitrogens with one attached hydrogen (secondary N) is 1. The Balaban J connectivity index is 2.29. The van der Waals surface area contributed by atoms with Crippen molar-refractivity contribution in [3.8, 4) is 0 Å². The van der Waals surface area contributed by atoms with Crippen LogP contribution in [0.3, 0.4) is 0 Å². The molecule has 0 aliphatic rings. The number of sulfonamides is 1. The third-order valence-corrected chi connectivity index (χ3v) is 4.01. The highest BCUT2D eigenvalue weighted by Crippen LogP contribution is 2.17. The Morgan fingerprint density at radius 1 is 1.12 bits per heavy atom. The van der Waals surface area contributed by atoms with Crippen LogP contribution in [0.2, 0.25) is 0 Å². The van der Waals surface area contributed by atoms with Crippen LogP contribution in [0, 0.1) is 6.07 Å². The van der Waals surface area contributed by atoms with Crippen molar-refractivity contribution >= 4 is 31.6 Å². The zero-order valence-corrected chi connectivity index (χ0v) is 11.1. The van der Waals surface area contributed by atoms with Crippen LogP contribution in [0.25, 0.3) is 0 Å². The molecule has 0 aliphatic carbocycles. The van der Waals surface area contributed by atoms with Crippen molar-refractivity contribution in [3.05, 3.63) is 59.1 Å². The Bertz CT molecular complexity index is 594. The lowest BCUT2D eigenvalue weighted by molar-refractivity contribution is 0.601. The van der Waals surface area contributed by atoms with Gasteiger partial charge < -0.3 is 0 Å². The summed E-state index contributed by atoms with van der Waals surface area (Å²) in [6, 6.07) is 15.9. The van der Waals surface area contributed by atoms with Gasteiger partial charge in [0.2, 0.25) is 0 Å². The average molecular weight is 311 g/mol. The van der Waals surface area contributed by atoms with Crippen molar-refractivity contribution in [2.45, 2.75) is 4.90 Å². The van der Waals surface area contributed by atoms with E-state index in [1.807, 2.05) is 0 Å². The van der Waals surface area contributed by atoms with Crippen molar-refractivity contribution in [1.82, 2.24) is 0 Å². The molecule has 0 unspecified atom stereocenters. The van der Waals surface area contributed by atoms with E-state index in [0.717, 1.165) is 4.47 Å². The monoisotopic (exact) mass is 310 g/mol. The minimum Gasteiger partial charge on any atom is -0.280 e. The molecule has 1 N–H and O–H groups in total. The molecule has 0 atom stereocenters. The summed E-state index contributed by atoms with van der Waals surface area (Å²) in [4.78, 5) is 0.226. The lowest BCUT2D eigenvalue weighted by Gasteiger charge is -2.07. The van der Waals surface area contributed by atoms with Gasteiger partial charge in [0.25, 0.3) is 10.0 Å². The molecule has 2 aromatic carbocycles. The van der Waals surface area contributed by atoms with Crippen LogP contribution in [-0.4, -0.2) is 8.42 Å². The molecule has 2 aromatic rings. The minimum absolute atomic E-state index is 0.226. The van der Waals surface area contributed by atoms with Crippen molar-refractivity contribution in [2.75, 3.05) is 4.72 Å². The summed E-state index contributed by atoms with van der Waals surface area (Å²) in [6.45, 7) is 0. The maximum Gasteiger partial charge on any atom is 0.261 e. The topological polar surface area (TPSA) is 46.2 Å². The molecule has 0 heterocycles. The van der Waals surface area contributed by atoms with E-state index in [2.05, 4.69) is 26.7 Å². The van der Waals surface area contributed by atoms with E-state index in [9.17, 15) is 8.42 Å². The first-order valence-corrected chi connectivity index (χ1v) is 7.10. The van der Waals surface area contributed by atoms with Gasteiger partial charge in [-0.3, -0.25) is 4.72 Å². The molecular weight excluding hydrogens is 302 g/mol. The number of anilines is 1.